The molecule has 0 saturated heterocycles. The Morgan fingerprint density at radius 2 is 1.84 bits per heavy atom. The number of Topliss-reactive ketones (excluding diaryl/α,β-unsaturated/α-hetero) is 2. The number of rotatable bonds is 4. The van der Waals surface area contributed by atoms with E-state index in [1.807, 2.05) is 0 Å². The molecule has 0 N–H and O–H groups in total. The summed E-state index contributed by atoms with van der Waals surface area (Å²) < 4.78 is 1.44. The second-order valence-corrected chi connectivity index (χ2v) is 3.82. The Morgan fingerprint density at radius 1 is 1.21 bits per heavy atom. The molecule has 0 amide bonds. The number of aryl methyl sites for hydroxylation is 1. The predicted octanol–water partition coefficient (Wildman–Crippen LogP) is 1.39. The fourth-order valence-corrected chi connectivity index (χ4v) is 1.55. The van der Waals surface area contributed by atoms with Crippen LogP contribution in [0.5, 0.6) is 0 Å². The van der Waals surface area contributed by atoms with Crippen LogP contribution in [0.2, 0.25) is 0 Å². The Balaban J connectivity index is 2.27. The largest absolute Gasteiger partial charge is 0.331 e. The van der Waals surface area contributed by atoms with Gasteiger partial charge in [-0.3, -0.25) is 19.7 Å². The molecule has 2 rings (SSSR count). The second-order valence-electron chi connectivity index (χ2n) is 3.82. The first kappa shape index (κ1) is 12.6. The number of hydrogen-bond acceptors (Lipinski definition) is 5. The number of nitrogens with zero attached hydrogens (tertiary/aromatic N) is 3. The summed E-state index contributed by atoms with van der Waals surface area (Å²) in [4.78, 5) is 37.5. The average molecular weight is 259 g/mol. The van der Waals surface area contributed by atoms with Gasteiger partial charge in [0.25, 0.3) is 11.5 Å². The van der Waals surface area contributed by atoms with Crippen molar-refractivity contribution >= 4 is 17.3 Å². The van der Waals surface area contributed by atoms with Crippen LogP contribution < -0.4 is 0 Å². The van der Waals surface area contributed by atoms with Gasteiger partial charge in [0.1, 0.15) is 0 Å². The first-order valence-electron chi connectivity index (χ1n) is 5.31. The molecule has 1 aromatic carbocycles. The molecule has 0 aliphatic rings. The van der Waals surface area contributed by atoms with Gasteiger partial charge in [0.2, 0.25) is 5.78 Å². The van der Waals surface area contributed by atoms with Gasteiger partial charge >= 0.3 is 0 Å². The predicted molar refractivity (Wildman–Crippen MR) is 65.0 cm³/mol. The number of carbonyl (C=O) groups is 2. The number of aromatic nitrogens is 2. The molecule has 0 unspecified atom stereocenters. The standard InChI is InChI=1S/C12H9N3O4/c1-14-7-6-13-12(14)11(17)10(16)8-2-4-9(5-3-8)15(18)19/h2-7H,1H3. The van der Waals surface area contributed by atoms with Crippen molar-refractivity contribution in [2.45, 2.75) is 0 Å². The molecule has 0 aliphatic carbocycles. The Hall–Kier alpha value is -2.83. The van der Waals surface area contributed by atoms with E-state index in [2.05, 4.69) is 4.98 Å². The summed E-state index contributed by atoms with van der Waals surface area (Å²) >= 11 is 0. The summed E-state index contributed by atoms with van der Waals surface area (Å²) in [5, 5.41) is 10.5. The van der Waals surface area contributed by atoms with Crippen LogP contribution in [-0.2, 0) is 7.05 Å². The zero-order valence-electron chi connectivity index (χ0n) is 9.94. The summed E-state index contributed by atoms with van der Waals surface area (Å²) in [5.41, 5.74) is -0.0420. The highest BCUT2D eigenvalue weighted by atomic mass is 16.6. The third-order valence-electron chi connectivity index (χ3n) is 2.57. The molecule has 2 aromatic rings. The van der Waals surface area contributed by atoms with Crippen LogP contribution in [0.4, 0.5) is 5.69 Å². The van der Waals surface area contributed by atoms with Crippen molar-refractivity contribution in [1.82, 2.24) is 9.55 Å². The van der Waals surface area contributed by atoms with Gasteiger partial charge in [0.15, 0.2) is 5.82 Å². The summed E-state index contributed by atoms with van der Waals surface area (Å²) in [7, 11) is 1.60. The third kappa shape index (κ3) is 2.39. The summed E-state index contributed by atoms with van der Waals surface area (Å²) in [6.45, 7) is 0. The van der Waals surface area contributed by atoms with Crippen LogP contribution in [0, 0.1) is 10.1 Å². The van der Waals surface area contributed by atoms with E-state index < -0.39 is 16.5 Å². The normalized spacial score (nSPS) is 10.2. The zero-order valence-corrected chi connectivity index (χ0v) is 9.94. The number of nitro groups is 1. The SMILES string of the molecule is Cn1ccnc1C(=O)C(=O)c1ccc([N+](=O)[O-])cc1. The summed E-state index contributed by atoms with van der Waals surface area (Å²) in [5.74, 6) is -1.46. The molecule has 96 valence electrons. The van der Waals surface area contributed by atoms with Crippen molar-refractivity contribution in [1.29, 1.82) is 0 Å². The molecule has 1 heterocycles. The Labute approximate surface area is 107 Å². The topological polar surface area (TPSA) is 95.1 Å². The van der Waals surface area contributed by atoms with Crippen LogP contribution in [0.3, 0.4) is 0 Å². The molecule has 0 aliphatic heterocycles. The lowest BCUT2D eigenvalue weighted by molar-refractivity contribution is -0.384. The van der Waals surface area contributed by atoms with Gasteiger partial charge in [0, 0.05) is 37.1 Å². The lowest BCUT2D eigenvalue weighted by Crippen LogP contribution is -2.18. The first-order valence-corrected chi connectivity index (χ1v) is 5.31. The third-order valence-corrected chi connectivity index (χ3v) is 2.57. The Bertz CT molecular complexity index is 658. The minimum Gasteiger partial charge on any atom is -0.331 e. The minimum atomic E-state index is -0.749. The molecule has 0 bridgehead atoms. The number of carbonyl (C=O) groups excluding carboxylic acids is 2. The van der Waals surface area contributed by atoms with Gasteiger partial charge in [-0.1, -0.05) is 0 Å². The van der Waals surface area contributed by atoms with E-state index in [0.717, 1.165) is 0 Å². The fraction of sp³-hybridized carbons (Fsp3) is 0.0833. The first-order chi connectivity index (χ1) is 9.00. The van der Waals surface area contributed by atoms with Crippen molar-refractivity contribution in [3.8, 4) is 0 Å². The van der Waals surface area contributed by atoms with Crippen LogP contribution >= 0.6 is 0 Å². The smallest absolute Gasteiger partial charge is 0.269 e. The minimum absolute atomic E-state index is 0.0309. The van der Waals surface area contributed by atoms with Gasteiger partial charge < -0.3 is 4.57 Å². The Morgan fingerprint density at radius 3 is 2.32 bits per heavy atom. The van der Waals surface area contributed by atoms with E-state index in [1.54, 1.807) is 13.2 Å². The van der Waals surface area contributed by atoms with E-state index in [4.69, 9.17) is 0 Å². The average Bonchev–Trinajstić information content (AvgIpc) is 2.83. The highest BCUT2D eigenvalue weighted by Crippen LogP contribution is 2.13. The fourth-order valence-electron chi connectivity index (χ4n) is 1.55. The molecule has 19 heavy (non-hydrogen) atoms. The Kier molecular flexibility index (Phi) is 3.19. The molecule has 7 nitrogen and oxygen atoms in total. The monoisotopic (exact) mass is 259 g/mol. The molecule has 0 fully saturated rings. The number of ketones is 2. The number of nitro benzene ring substituents is 1. The molecular weight excluding hydrogens is 250 g/mol. The molecular formula is C12H9N3O4. The number of benzene rings is 1. The number of non-ortho nitro benzene ring substituents is 1. The molecule has 0 saturated carbocycles. The maximum absolute atomic E-state index is 11.9. The van der Waals surface area contributed by atoms with Gasteiger partial charge in [-0.05, 0) is 12.1 Å². The number of imidazole rings is 1. The van der Waals surface area contributed by atoms with Crippen molar-refractivity contribution in [2.24, 2.45) is 7.05 Å². The van der Waals surface area contributed by atoms with Crippen molar-refractivity contribution in [3.63, 3.8) is 0 Å². The molecule has 0 atom stereocenters. The van der Waals surface area contributed by atoms with Crippen LogP contribution in [0.25, 0.3) is 0 Å². The van der Waals surface area contributed by atoms with Gasteiger partial charge in [0.05, 0.1) is 4.92 Å². The maximum atomic E-state index is 11.9. The van der Waals surface area contributed by atoms with E-state index in [0.29, 0.717) is 0 Å². The number of hydrogen-bond donors (Lipinski definition) is 0. The van der Waals surface area contributed by atoms with Crippen LogP contribution in [-0.4, -0.2) is 26.0 Å². The van der Waals surface area contributed by atoms with E-state index in [1.165, 1.54) is 35.0 Å². The molecule has 7 heteroatoms. The zero-order chi connectivity index (χ0) is 14.0. The maximum Gasteiger partial charge on any atom is 0.269 e. The molecule has 0 radical (unpaired) electrons. The lowest BCUT2D eigenvalue weighted by atomic mass is 10.1. The summed E-state index contributed by atoms with van der Waals surface area (Å²) in [6.07, 6.45) is 2.96. The lowest BCUT2D eigenvalue weighted by Gasteiger charge is -2.00. The van der Waals surface area contributed by atoms with Crippen molar-refractivity contribution in [3.05, 3.63) is 58.2 Å². The van der Waals surface area contributed by atoms with E-state index in [9.17, 15) is 19.7 Å². The molecule has 1 aromatic heterocycles. The summed E-state index contributed by atoms with van der Waals surface area (Å²) in [6, 6.07) is 4.86. The van der Waals surface area contributed by atoms with Gasteiger partial charge in [-0.25, -0.2) is 4.98 Å². The second kappa shape index (κ2) is 4.81. The van der Waals surface area contributed by atoms with Crippen molar-refractivity contribution in [2.75, 3.05) is 0 Å². The van der Waals surface area contributed by atoms with Crippen LogP contribution in [0.1, 0.15) is 21.0 Å². The molecule has 0 spiro atoms. The van der Waals surface area contributed by atoms with Crippen LogP contribution in [0.15, 0.2) is 36.7 Å². The van der Waals surface area contributed by atoms with Gasteiger partial charge in [-0.2, -0.15) is 0 Å². The van der Waals surface area contributed by atoms with Gasteiger partial charge in [-0.15, -0.1) is 0 Å². The highest BCUT2D eigenvalue weighted by molar-refractivity contribution is 6.48. The quantitative estimate of drug-likeness (QED) is 0.358. The van der Waals surface area contributed by atoms with E-state index in [-0.39, 0.29) is 17.1 Å². The highest BCUT2D eigenvalue weighted by Gasteiger charge is 2.22. The van der Waals surface area contributed by atoms with E-state index >= 15 is 0 Å². The van der Waals surface area contributed by atoms with Crippen molar-refractivity contribution < 1.29 is 14.5 Å².